The van der Waals surface area contributed by atoms with Crippen LogP contribution in [0.3, 0.4) is 0 Å². The summed E-state index contributed by atoms with van der Waals surface area (Å²) in [5, 5.41) is 2.86. The van der Waals surface area contributed by atoms with Crippen molar-refractivity contribution >= 4 is 17.3 Å². The Balaban J connectivity index is 1.66. The average molecular weight is 394 g/mol. The molecule has 1 aromatic carbocycles. The molecule has 0 unspecified atom stereocenters. The van der Waals surface area contributed by atoms with Gasteiger partial charge < -0.3 is 19.9 Å². The van der Waals surface area contributed by atoms with Crippen molar-refractivity contribution in [3.8, 4) is 5.88 Å². The van der Waals surface area contributed by atoms with Crippen molar-refractivity contribution in [3.63, 3.8) is 0 Å². The average Bonchev–Trinajstić information content (AvgIpc) is 2.67. The quantitative estimate of drug-likeness (QED) is 0.845. The van der Waals surface area contributed by atoms with Gasteiger partial charge in [-0.25, -0.2) is 4.98 Å². The van der Waals surface area contributed by atoms with Crippen molar-refractivity contribution in [2.75, 3.05) is 50.1 Å². The van der Waals surface area contributed by atoms with E-state index >= 15 is 0 Å². The van der Waals surface area contributed by atoms with Gasteiger partial charge in [-0.1, -0.05) is 12.1 Å². The number of alkyl halides is 3. The van der Waals surface area contributed by atoms with E-state index in [9.17, 15) is 18.0 Å². The molecule has 9 heteroatoms. The van der Waals surface area contributed by atoms with Crippen molar-refractivity contribution in [1.29, 1.82) is 0 Å². The first-order chi connectivity index (χ1) is 13.3. The zero-order valence-electron chi connectivity index (χ0n) is 15.4. The van der Waals surface area contributed by atoms with Crippen LogP contribution < -0.4 is 15.0 Å². The molecule has 0 spiro atoms. The van der Waals surface area contributed by atoms with Crippen LogP contribution in [0.4, 0.5) is 24.5 Å². The molecule has 1 fully saturated rings. The first kappa shape index (κ1) is 19.9. The number of likely N-dealkylation sites (N-methyl/N-ethyl adjacent to an activating group) is 1. The lowest BCUT2D eigenvalue weighted by Gasteiger charge is -2.35. The molecule has 0 saturated carbocycles. The van der Waals surface area contributed by atoms with Crippen molar-refractivity contribution in [1.82, 2.24) is 9.88 Å². The molecule has 28 heavy (non-hydrogen) atoms. The highest BCUT2D eigenvalue weighted by molar-refractivity contribution is 6.05. The molecule has 0 aliphatic carbocycles. The number of nitrogens with zero attached hydrogens (tertiary/aromatic N) is 3. The van der Waals surface area contributed by atoms with Crippen LogP contribution in [-0.4, -0.2) is 61.8 Å². The number of rotatable bonds is 5. The number of anilines is 2. The monoisotopic (exact) mass is 394 g/mol. The summed E-state index contributed by atoms with van der Waals surface area (Å²) in [6, 6.07) is 10.1. The van der Waals surface area contributed by atoms with Gasteiger partial charge in [0, 0.05) is 38.4 Å². The minimum atomic E-state index is -4.44. The Kier molecular flexibility index (Phi) is 6.03. The molecule has 3 rings (SSSR count). The van der Waals surface area contributed by atoms with E-state index in [0.29, 0.717) is 5.69 Å². The number of amides is 1. The van der Waals surface area contributed by atoms with Crippen LogP contribution in [0.15, 0.2) is 42.6 Å². The molecule has 0 atom stereocenters. The Morgan fingerprint density at radius 1 is 1.14 bits per heavy atom. The smallest absolute Gasteiger partial charge is 0.422 e. The van der Waals surface area contributed by atoms with E-state index in [1.165, 1.54) is 18.3 Å². The predicted octanol–water partition coefficient (Wildman–Crippen LogP) is 3.03. The highest BCUT2D eigenvalue weighted by atomic mass is 19.4. The Morgan fingerprint density at radius 3 is 2.50 bits per heavy atom. The van der Waals surface area contributed by atoms with E-state index < -0.39 is 18.7 Å². The number of aromatic nitrogens is 1. The molecule has 2 aromatic rings. The van der Waals surface area contributed by atoms with E-state index in [-0.39, 0.29) is 11.4 Å². The number of halogens is 3. The second-order valence-corrected chi connectivity index (χ2v) is 6.55. The number of para-hydroxylation sites is 2. The first-order valence-electron chi connectivity index (χ1n) is 8.81. The number of benzene rings is 1. The van der Waals surface area contributed by atoms with Crippen molar-refractivity contribution < 1.29 is 22.7 Å². The molecular formula is C19H21F3N4O2. The van der Waals surface area contributed by atoms with Gasteiger partial charge in [0.05, 0.1) is 16.9 Å². The van der Waals surface area contributed by atoms with E-state index in [1.54, 1.807) is 0 Å². The summed E-state index contributed by atoms with van der Waals surface area (Å²) >= 11 is 0. The third kappa shape index (κ3) is 5.35. The van der Waals surface area contributed by atoms with Gasteiger partial charge in [0.25, 0.3) is 5.91 Å². The topological polar surface area (TPSA) is 57.7 Å². The van der Waals surface area contributed by atoms with Gasteiger partial charge in [0.2, 0.25) is 5.88 Å². The number of carbonyl (C=O) groups is 1. The molecule has 1 amide bonds. The Bertz CT molecular complexity index is 804. The van der Waals surface area contributed by atoms with E-state index in [1.807, 2.05) is 24.3 Å². The van der Waals surface area contributed by atoms with Crippen molar-refractivity contribution in [2.45, 2.75) is 6.18 Å². The first-order valence-corrected chi connectivity index (χ1v) is 8.81. The summed E-state index contributed by atoms with van der Waals surface area (Å²) in [4.78, 5) is 20.7. The minimum absolute atomic E-state index is 0.188. The van der Waals surface area contributed by atoms with Gasteiger partial charge in [-0.2, -0.15) is 13.2 Å². The summed E-state index contributed by atoms with van der Waals surface area (Å²) in [7, 11) is 2.07. The molecule has 1 aliphatic heterocycles. The second-order valence-electron chi connectivity index (χ2n) is 6.55. The Labute approximate surface area is 160 Å². The lowest BCUT2D eigenvalue weighted by molar-refractivity contribution is -0.154. The van der Waals surface area contributed by atoms with Gasteiger partial charge in [0.1, 0.15) is 0 Å². The molecule has 0 bridgehead atoms. The zero-order chi connectivity index (χ0) is 20.1. The SMILES string of the molecule is CN1CCN(c2ccccc2NC(=O)c2ccc(OCC(F)(F)F)nc2)CC1. The number of nitrogens with one attached hydrogen (secondary N) is 1. The maximum Gasteiger partial charge on any atom is 0.422 e. The molecular weight excluding hydrogens is 373 g/mol. The molecule has 2 heterocycles. The molecule has 150 valence electrons. The van der Waals surface area contributed by atoms with Gasteiger partial charge in [-0.05, 0) is 25.2 Å². The van der Waals surface area contributed by atoms with Gasteiger partial charge in [0.15, 0.2) is 6.61 Å². The lowest BCUT2D eigenvalue weighted by atomic mass is 10.2. The fraction of sp³-hybridized carbons (Fsp3) is 0.368. The van der Waals surface area contributed by atoms with Crippen LogP contribution in [0, 0.1) is 0 Å². The predicted molar refractivity (Wildman–Crippen MR) is 99.9 cm³/mol. The number of ether oxygens (including phenoxy) is 1. The normalized spacial score (nSPS) is 15.4. The Morgan fingerprint density at radius 2 is 1.86 bits per heavy atom. The molecule has 1 saturated heterocycles. The second kappa shape index (κ2) is 8.47. The third-order valence-corrected chi connectivity index (χ3v) is 4.38. The van der Waals surface area contributed by atoms with Crippen LogP contribution >= 0.6 is 0 Å². The number of hydrogen-bond acceptors (Lipinski definition) is 5. The molecule has 1 N–H and O–H groups in total. The van der Waals surface area contributed by atoms with E-state index in [4.69, 9.17) is 0 Å². The summed E-state index contributed by atoms with van der Waals surface area (Å²) in [6.07, 6.45) is -3.25. The third-order valence-electron chi connectivity index (χ3n) is 4.38. The van der Waals surface area contributed by atoms with Crippen molar-refractivity contribution in [3.05, 3.63) is 48.2 Å². The largest absolute Gasteiger partial charge is 0.468 e. The van der Waals surface area contributed by atoms with Crippen LogP contribution in [-0.2, 0) is 0 Å². The van der Waals surface area contributed by atoms with Gasteiger partial charge in [-0.3, -0.25) is 4.79 Å². The molecule has 6 nitrogen and oxygen atoms in total. The summed E-state index contributed by atoms with van der Waals surface area (Å²) < 4.78 is 41.1. The van der Waals surface area contributed by atoms with Crippen LogP contribution in [0.2, 0.25) is 0 Å². The van der Waals surface area contributed by atoms with Gasteiger partial charge in [-0.15, -0.1) is 0 Å². The lowest BCUT2D eigenvalue weighted by Crippen LogP contribution is -2.44. The summed E-state index contributed by atoms with van der Waals surface area (Å²) in [5.41, 5.74) is 1.84. The summed E-state index contributed by atoms with van der Waals surface area (Å²) in [5.74, 6) is -0.580. The molecule has 1 aromatic heterocycles. The maximum absolute atomic E-state index is 12.5. The van der Waals surface area contributed by atoms with Gasteiger partial charge >= 0.3 is 6.18 Å². The number of hydrogen-bond donors (Lipinski definition) is 1. The van der Waals surface area contributed by atoms with Crippen LogP contribution in [0.25, 0.3) is 0 Å². The fourth-order valence-corrected chi connectivity index (χ4v) is 2.85. The highest BCUT2D eigenvalue weighted by Crippen LogP contribution is 2.27. The number of piperazine rings is 1. The van der Waals surface area contributed by atoms with E-state index in [0.717, 1.165) is 31.9 Å². The fourth-order valence-electron chi connectivity index (χ4n) is 2.85. The molecule has 0 radical (unpaired) electrons. The summed E-state index contributed by atoms with van der Waals surface area (Å²) in [6.45, 7) is 2.16. The van der Waals surface area contributed by atoms with Crippen LogP contribution in [0.5, 0.6) is 5.88 Å². The van der Waals surface area contributed by atoms with Crippen molar-refractivity contribution in [2.24, 2.45) is 0 Å². The number of pyridine rings is 1. The van der Waals surface area contributed by atoms with E-state index in [2.05, 4.69) is 31.9 Å². The Hall–Kier alpha value is -2.81. The molecule has 1 aliphatic rings. The highest BCUT2D eigenvalue weighted by Gasteiger charge is 2.28. The number of carbonyl (C=O) groups excluding carboxylic acids is 1. The standard InChI is InChI=1S/C19H21F3N4O2/c1-25-8-10-26(11-9-25)16-5-3-2-4-15(16)24-18(27)14-6-7-17(23-12-14)28-13-19(20,21)22/h2-7,12H,8-11,13H2,1H3,(H,24,27). The maximum atomic E-state index is 12.5. The van der Waals surface area contributed by atoms with Crippen LogP contribution in [0.1, 0.15) is 10.4 Å². The zero-order valence-corrected chi connectivity index (χ0v) is 15.4. The minimum Gasteiger partial charge on any atom is -0.468 e.